The average Bonchev–Trinajstić information content (AvgIpc) is 3.41. The highest BCUT2D eigenvalue weighted by Crippen LogP contribution is 2.24. The molecule has 0 unspecified atom stereocenters. The molecular formula is C22H18ClFN6OS2. The number of carbonyl (C=O) groups is 1. The molecule has 11 heteroatoms. The zero-order valence-corrected chi connectivity index (χ0v) is 19.8. The SMILES string of the molecule is Cc1nnc(SCC(=O)NN=Cc2cn(Cc3c(F)cccc3Cl)nc2-c2ccccc2)s1. The minimum atomic E-state index is -0.398. The molecule has 1 N–H and O–H groups in total. The molecule has 2 aromatic carbocycles. The predicted octanol–water partition coefficient (Wildman–Crippen LogP) is 4.79. The number of benzene rings is 2. The molecule has 0 aliphatic heterocycles. The Bertz CT molecular complexity index is 1270. The molecule has 2 aromatic heterocycles. The Morgan fingerprint density at radius 1 is 1.24 bits per heavy atom. The van der Waals surface area contributed by atoms with Crippen LogP contribution in [0.2, 0.25) is 5.02 Å². The van der Waals surface area contributed by atoms with Crippen molar-refractivity contribution < 1.29 is 9.18 Å². The molecule has 7 nitrogen and oxygen atoms in total. The number of nitrogens with zero attached hydrogens (tertiary/aromatic N) is 5. The minimum Gasteiger partial charge on any atom is -0.272 e. The average molecular weight is 501 g/mol. The number of aryl methyl sites for hydroxylation is 1. The number of thioether (sulfide) groups is 1. The molecule has 1 amide bonds. The van der Waals surface area contributed by atoms with E-state index in [1.165, 1.54) is 35.4 Å². The van der Waals surface area contributed by atoms with Crippen molar-refractivity contribution in [3.05, 3.63) is 81.7 Å². The standard InChI is InChI=1S/C22H18ClFN6OS2/c1-14-26-28-22(33-14)32-13-20(31)27-25-10-16-11-30(12-17-18(23)8-5-9-19(17)24)29-21(16)15-6-3-2-4-7-15/h2-11H,12-13H2,1H3,(H,27,31). The third-order valence-electron chi connectivity index (χ3n) is 4.45. The highest BCUT2D eigenvalue weighted by atomic mass is 35.5. The van der Waals surface area contributed by atoms with Crippen LogP contribution >= 0.6 is 34.7 Å². The van der Waals surface area contributed by atoms with Crippen molar-refractivity contribution in [3.63, 3.8) is 0 Å². The first-order valence-corrected chi connectivity index (χ1v) is 12.0. The zero-order valence-electron chi connectivity index (χ0n) is 17.4. The number of rotatable bonds is 8. The van der Waals surface area contributed by atoms with Gasteiger partial charge in [-0.25, -0.2) is 9.82 Å². The number of carbonyl (C=O) groups excluding carboxylic acids is 1. The van der Waals surface area contributed by atoms with Crippen LogP contribution in [0.5, 0.6) is 0 Å². The summed E-state index contributed by atoms with van der Waals surface area (Å²) in [6.07, 6.45) is 3.26. The molecule has 0 spiro atoms. The number of hydrogen-bond acceptors (Lipinski definition) is 7. The molecule has 0 fully saturated rings. The van der Waals surface area contributed by atoms with E-state index < -0.39 is 5.82 Å². The van der Waals surface area contributed by atoms with Gasteiger partial charge in [0.1, 0.15) is 16.5 Å². The number of aromatic nitrogens is 4. The summed E-state index contributed by atoms with van der Waals surface area (Å²) in [5.74, 6) is -0.497. The fraction of sp³-hybridized carbons (Fsp3) is 0.136. The van der Waals surface area contributed by atoms with Gasteiger partial charge in [0.25, 0.3) is 5.91 Å². The lowest BCUT2D eigenvalue weighted by molar-refractivity contribution is -0.118. The van der Waals surface area contributed by atoms with E-state index in [1.54, 1.807) is 23.0 Å². The molecule has 0 radical (unpaired) electrons. The molecule has 0 aliphatic carbocycles. The Balaban J connectivity index is 1.50. The van der Waals surface area contributed by atoms with E-state index >= 15 is 0 Å². The van der Waals surface area contributed by atoms with Crippen molar-refractivity contribution in [1.29, 1.82) is 0 Å². The highest BCUT2D eigenvalue weighted by Gasteiger charge is 2.13. The molecule has 0 atom stereocenters. The maximum absolute atomic E-state index is 14.2. The largest absolute Gasteiger partial charge is 0.272 e. The van der Waals surface area contributed by atoms with Crippen molar-refractivity contribution in [3.8, 4) is 11.3 Å². The predicted molar refractivity (Wildman–Crippen MR) is 129 cm³/mol. The molecule has 2 heterocycles. The second kappa shape index (κ2) is 10.7. The van der Waals surface area contributed by atoms with E-state index in [1.807, 2.05) is 37.3 Å². The van der Waals surface area contributed by atoms with Gasteiger partial charge in [-0.3, -0.25) is 9.48 Å². The lowest BCUT2D eigenvalue weighted by Gasteiger charge is -2.05. The van der Waals surface area contributed by atoms with Crippen molar-refractivity contribution in [2.45, 2.75) is 17.8 Å². The topological polar surface area (TPSA) is 85.1 Å². The van der Waals surface area contributed by atoms with Crippen LogP contribution in [0.1, 0.15) is 16.1 Å². The molecular weight excluding hydrogens is 483 g/mol. The molecule has 0 aliphatic rings. The maximum Gasteiger partial charge on any atom is 0.250 e. The number of amides is 1. The van der Waals surface area contributed by atoms with Crippen molar-refractivity contribution in [2.75, 3.05) is 5.75 Å². The summed E-state index contributed by atoms with van der Waals surface area (Å²) in [4.78, 5) is 12.1. The molecule has 0 saturated carbocycles. The van der Waals surface area contributed by atoms with Crippen LogP contribution in [0.15, 0.2) is 64.2 Å². The Labute approximate surface area is 202 Å². The monoisotopic (exact) mass is 500 g/mol. The third kappa shape index (κ3) is 6.04. The summed E-state index contributed by atoms with van der Waals surface area (Å²) in [6, 6.07) is 14.1. The van der Waals surface area contributed by atoms with Gasteiger partial charge in [0.2, 0.25) is 0 Å². The Kier molecular flexibility index (Phi) is 7.48. The maximum atomic E-state index is 14.2. The summed E-state index contributed by atoms with van der Waals surface area (Å²) in [6.45, 7) is 2.01. The number of hydrazone groups is 1. The van der Waals surface area contributed by atoms with Crippen LogP contribution < -0.4 is 5.43 Å². The molecule has 4 aromatic rings. The first-order valence-electron chi connectivity index (χ1n) is 9.80. The molecule has 4 rings (SSSR count). The number of halogens is 2. The third-order valence-corrected chi connectivity index (χ3v) is 6.77. The Morgan fingerprint density at radius 2 is 2.06 bits per heavy atom. The van der Waals surface area contributed by atoms with Gasteiger partial charge in [-0.05, 0) is 19.1 Å². The van der Waals surface area contributed by atoms with Gasteiger partial charge in [0.15, 0.2) is 4.34 Å². The van der Waals surface area contributed by atoms with Crippen LogP contribution in [-0.4, -0.2) is 37.9 Å². The minimum absolute atomic E-state index is 0.156. The molecule has 0 bridgehead atoms. The molecule has 33 heavy (non-hydrogen) atoms. The zero-order chi connectivity index (χ0) is 23.2. The quantitative estimate of drug-likeness (QED) is 0.213. The van der Waals surface area contributed by atoms with E-state index in [0.717, 1.165) is 14.9 Å². The van der Waals surface area contributed by atoms with Crippen LogP contribution in [0.4, 0.5) is 4.39 Å². The summed E-state index contributed by atoms with van der Waals surface area (Å²) in [5, 5.41) is 17.8. The van der Waals surface area contributed by atoms with Gasteiger partial charge in [0, 0.05) is 27.9 Å². The Morgan fingerprint density at radius 3 is 2.79 bits per heavy atom. The van der Waals surface area contributed by atoms with E-state index in [9.17, 15) is 9.18 Å². The molecule has 168 valence electrons. The first-order chi connectivity index (χ1) is 16.0. The van der Waals surface area contributed by atoms with Gasteiger partial charge in [-0.1, -0.05) is 71.1 Å². The summed E-state index contributed by atoms with van der Waals surface area (Å²) >= 11 is 8.90. The van der Waals surface area contributed by atoms with Crippen LogP contribution in [0, 0.1) is 12.7 Å². The molecule has 0 saturated heterocycles. The van der Waals surface area contributed by atoms with E-state index in [2.05, 4.69) is 25.8 Å². The normalized spacial score (nSPS) is 11.2. The number of hydrogen-bond donors (Lipinski definition) is 1. The van der Waals surface area contributed by atoms with Gasteiger partial charge >= 0.3 is 0 Å². The van der Waals surface area contributed by atoms with Crippen molar-refractivity contribution in [2.24, 2.45) is 5.10 Å². The highest BCUT2D eigenvalue weighted by molar-refractivity contribution is 8.01. The van der Waals surface area contributed by atoms with E-state index in [-0.39, 0.29) is 18.2 Å². The fourth-order valence-electron chi connectivity index (χ4n) is 2.95. The van der Waals surface area contributed by atoms with E-state index in [4.69, 9.17) is 11.6 Å². The second-order valence-electron chi connectivity index (χ2n) is 6.87. The van der Waals surface area contributed by atoms with Crippen molar-refractivity contribution in [1.82, 2.24) is 25.4 Å². The van der Waals surface area contributed by atoms with Gasteiger partial charge in [-0.2, -0.15) is 10.2 Å². The fourth-order valence-corrected chi connectivity index (χ4v) is 4.78. The number of nitrogens with one attached hydrogen (secondary N) is 1. The van der Waals surface area contributed by atoms with Crippen LogP contribution in [0.25, 0.3) is 11.3 Å². The second-order valence-corrected chi connectivity index (χ2v) is 9.68. The summed E-state index contributed by atoms with van der Waals surface area (Å²) < 4.78 is 16.6. The smallest absolute Gasteiger partial charge is 0.250 e. The van der Waals surface area contributed by atoms with E-state index in [0.29, 0.717) is 21.8 Å². The lowest BCUT2D eigenvalue weighted by Crippen LogP contribution is -2.19. The summed E-state index contributed by atoms with van der Waals surface area (Å²) in [7, 11) is 0. The van der Waals surface area contributed by atoms with Crippen molar-refractivity contribution >= 4 is 46.8 Å². The van der Waals surface area contributed by atoms with Gasteiger partial charge in [0.05, 0.1) is 18.5 Å². The lowest BCUT2D eigenvalue weighted by atomic mass is 10.1. The first kappa shape index (κ1) is 23.1. The summed E-state index contributed by atoms with van der Waals surface area (Å²) in [5.41, 5.74) is 5.05. The van der Waals surface area contributed by atoms with Crippen LogP contribution in [0.3, 0.4) is 0 Å². The van der Waals surface area contributed by atoms with Gasteiger partial charge in [-0.15, -0.1) is 10.2 Å². The van der Waals surface area contributed by atoms with Gasteiger partial charge < -0.3 is 0 Å². The Hall–Kier alpha value is -3.08. The van der Waals surface area contributed by atoms with Crippen LogP contribution in [-0.2, 0) is 11.3 Å².